The van der Waals surface area contributed by atoms with Crippen LogP contribution in [0, 0.1) is 0 Å². The van der Waals surface area contributed by atoms with Crippen molar-refractivity contribution >= 4 is 0 Å². The van der Waals surface area contributed by atoms with E-state index >= 15 is 0 Å². The summed E-state index contributed by atoms with van der Waals surface area (Å²) in [5.74, 6) is 0. The first-order valence-electron chi connectivity index (χ1n) is 4.15. The molecule has 0 aromatic carbocycles. The minimum atomic E-state index is -0.117. The fourth-order valence-corrected chi connectivity index (χ4v) is 0.407. The summed E-state index contributed by atoms with van der Waals surface area (Å²) in [5.41, 5.74) is 0. The fourth-order valence-electron chi connectivity index (χ4n) is 0.407. The van der Waals surface area contributed by atoms with Crippen LogP contribution in [0.25, 0.3) is 0 Å². The Morgan fingerprint density at radius 2 is 1.15 bits per heavy atom. The van der Waals surface area contributed by atoms with Gasteiger partial charge in [-0.05, 0) is 13.8 Å². The van der Waals surface area contributed by atoms with Gasteiger partial charge in [0.2, 0.25) is 0 Å². The SMILES string of the molecule is CCOCC[O-].CCOCC[O-].[Mn+2]. The predicted molar refractivity (Wildman–Crippen MR) is 42.7 cm³/mol. The van der Waals surface area contributed by atoms with Crippen LogP contribution in [0.2, 0.25) is 0 Å². The summed E-state index contributed by atoms with van der Waals surface area (Å²) in [4.78, 5) is 0. The van der Waals surface area contributed by atoms with Crippen molar-refractivity contribution in [1.82, 2.24) is 0 Å². The Kier molecular flexibility index (Phi) is 33.4. The molecule has 0 aliphatic carbocycles. The molecule has 0 saturated heterocycles. The van der Waals surface area contributed by atoms with E-state index in [-0.39, 0.29) is 30.3 Å². The molecule has 0 rings (SSSR count). The minimum absolute atomic E-state index is 0. The average molecular weight is 233 g/mol. The topological polar surface area (TPSA) is 64.6 Å². The van der Waals surface area contributed by atoms with E-state index < -0.39 is 0 Å². The van der Waals surface area contributed by atoms with Crippen molar-refractivity contribution in [2.45, 2.75) is 13.8 Å². The van der Waals surface area contributed by atoms with E-state index in [1.165, 1.54) is 0 Å². The molecule has 0 fully saturated rings. The Labute approximate surface area is 90.7 Å². The molecular weight excluding hydrogens is 215 g/mol. The van der Waals surface area contributed by atoms with Gasteiger partial charge in [-0.15, -0.1) is 13.2 Å². The zero-order valence-corrected chi connectivity index (χ0v) is 9.43. The fraction of sp³-hybridized carbons (Fsp3) is 1.00. The van der Waals surface area contributed by atoms with Gasteiger partial charge < -0.3 is 19.7 Å². The molecule has 5 heteroatoms. The first kappa shape index (κ1) is 19.0. The van der Waals surface area contributed by atoms with Gasteiger partial charge in [-0.25, -0.2) is 0 Å². The third kappa shape index (κ3) is 32.8. The van der Waals surface area contributed by atoms with E-state index in [4.69, 9.17) is 0 Å². The number of hydrogen-bond acceptors (Lipinski definition) is 4. The van der Waals surface area contributed by atoms with Gasteiger partial charge in [-0.1, -0.05) is 0 Å². The smallest absolute Gasteiger partial charge is 0.853 e. The molecule has 0 atom stereocenters. The Morgan fingerprint density at radius 1 is 0.846 bits per heavy atom. The second kappa shape index (κ2) is 22.8. The van der Waals surface area contributed by atoms with Gasteiger partial charge in [0.05, 0.1) is 0 Å². The quantitative estimate of drug-likeness (QED) is 0.425. The Morgan fingerprint density at radius 3 is 1.23 bits per heavy atom. The van der Waals surface area contributed by atoms with Gasteiger partial charge in [-0.2, -0.15) is 0 Å². The van der Waals surface area contributed by atoms with E-state index in [1.54, 1.807) is 0 Å². The molecule has 0 spiro atoms. The summed E-state index contributed by atoms with van der Waals surface area (Å²) in [7, 11) is 0. The maximum absolute atomic E-state index is 9.56. The predicted octanol–water partition coefficient (Wildman–Crippen LogP) is -1.24. The Hall–Kier alpha value is 0.359. The van der Waals surface area contributed by atoms with Gasteiger partial charge in [0.15, 0.2) is 0 Å². The summed E-state index contributed by atoms with van der Waals surface area (Å²) in [6, 6.07) is 0. The Balaban J connectivity index is -0.000000143. The zero-order valence-electron chi connectivity index (χ0n) is 8.25. The van der Waals surface area contributed by atoms with Crippen LogP contribution in [0.3, 0.4) is 0 Å². The van der Waals surface area contributed by atoms with Crippen LogP contribution in [0.1, 0.15) is 13.8 Å². The molecule has 4 nitrogen and oxygen atoms in total. The van der Waals surface area contributed by atoms with Crippen LogP contribution in [0.5, 0.6) is 0 Å². The summed E-state index contributed by atoms with van der Waals surface area (Å²) >= 11 is 0. The van der Waals surface area contributed by atoms with E-state index in [0.29, 0.717) is 26.4 Å². The molecule has 0 aromatic rings. The van der Waals surface area contributed by atoms with Crippen LogP contribution in [-0.2, 0) is 26.5 Å². The molecule has 0 unspecified atom stereocenters. The molecule has 0 aliphatic heterocycles. The summed E-state index contributed by atoms with van der Waals surface area (Å²) < 4.78 is 9.34. The molecule has 13 heavy (non-hydrogen) atoms. The van der Waals surface area contributed by atoms with Crippen molar-refractivity contribution in [2.24, 2.45) is 0 Å². The molecule has 0 saturated carbocycles. The van der Waals surface area contributed by atoms with Gasteiger partial charge in [0.1, 0.15) is 0 Å². The van der Waals surface area contributed by atoms with Gasteiger partial charge in [-0.3, -0.25) is 0 Å². The number of rotatable bonds is 6. The zero-order chi connectivity index (χ0) is 9.66. The molecule has 0 amide bonds. The van der Waals surface area contributed by atoms with Crippen molar-refractivity contribution in [2.75, 3.05) is 39.6 Å². The monoisotopic (exact) mass is 233 g/mol. The summed E-state index contributed by atoms with van der Waals surface area (Å²) in [6.07, 6.45) is 0. The van der Waals surface area contributed by atoms with Gasteiger partial charge in [0.25, 0.3) is 0 Å². The second-order valence-corrected chi connectivity index (χ2v) is 1.80. The van der Waals surface area contributed by atoms with Crippen LogP contribution >= 0.6 is 0 Å². The van der Waals surface area contributed by atoms with Crippen molar-refractivity contribution in [3.8, 4) is 0 Å². The standard InChI is InChI=1S/2C4H9O2.Mn/c2*1-2-6-4-3-5;/h2*2-4H2,1H3;/q2*-1;+2. The van der Waals surface area contributed by atoms with Crippen molar-refractivity contribution < 1.29 is 36.8 Å². The maximum Gasteiger partial charge on any atom is 2.00 e. The van der Waals surface area contributed by atoms with E-state index in [0.717, 1.165) is 0 Å². The molecule has 0 heterocycles. The molecular formula is C8H18MnO4. The molecule has 1 radical (unpaired) electrons. The average Bonchev–Trinajstić information content (AvgIpc) is 2.12. The van der Waals surface area contributed by atoms with Gasteiger partial charge in [0, 0.05) is 26.4 Å². The van der Waals surface area contributed by atoms with E-state index in [9.17, 15) is 10.2 Å². The minimum Gasteiger partial charge on any atom is -0.853 e. The second-order valence-electron chi connectivity index (χ2n) is 1.80. The summed E-state index contributed by atoms with van der Waals surface area (Å²) in [6.45, 7) is 5.53. The molecule has 0 N–H and O–H groups in total. The van der Waals surface area contributed by atoms with Crippen LogP contribution in [0.4, 0.5) is 0 Å². The summed E-state index contributed by atoms with van der Waals surface area (Å²) in [5, 5.41) is 19.1. The Bertz CT molecular complexity index is 48.1. The third-order valence-corrected chi connectivity index (χ3v) is 0.864. The largest absolute Gasteiger partial charge is 2.00 e. The first-order chi connectivity index (χ1) is 5.83. The third-order valence-electron chi connectivity index (χ3n) is 0.864. The van der Waals surface area contributed by atoms with Crippen LogP contribution in [0.15, 0.2) is 0 Å². The molecule has 81 valence electrons. The maximum atomic E-state index is 9.56. The first-order valence-corrected chi connectivity index (χ1v) is 4.15. The van der Waals surface area contributed by atoms with Crippen molar-refractivity contribution in [3.63, 3.8) is 0 Å². The van der Waals surface area contributed by atoms with Crippen LogP contribution in [-0.4, -0.2) is 39.6 Å². The van der Waals surface area contributed by atoms with Crippen molar-refractivity contribution in [3.05, 3.63) is 0 Å². The van der Waals surface area contributed by atoms with Crippen LogP contribution < -0.4 is 10.2 Å². The molecule has 0 aliphatic rings. The molecule has 0 aromatic heterocycles. The van der Waals surface area contributed by atoms with Gasteiger partial charge >= 0.3 is 17.1 Å². The normalized spacial score (nSPS) is 8.31. The van der Waals surface area contributed by atoms with Crippen molar-refractivity contribution in [1.29, 1.82) is 0 Å². The van der Waals surface area contributed by atoms with E-state index in [1.807, 2.05) is 13.8 Å². The molecule has 0 bridgehead atoms. The number of ether oxygens (including phenoxy) is 2. The number of hydrogen-bond donors (Lipinski definition) is 0. The van der Waals surface area contributed by atoms with E-state index in [2.05, 4.69) is 9.47 Å².